The van der Waals surface area contributed by atoms with Gasteiger partial charge in [-0.1, -0.05) is 32.0 Å². The molecule has 0 saturated heterocycles. The zero-order chi connectivity index (χ0) is 32.9. The zero-order valence-electron chi connectivity index (χ0n) is 25.8. The molecular formula is C31H37F2N5O6S. The minimum Gasteiger partial charge on any atom is -0.396 e. The number of carbonyl (C=O) groups excluding carboxylic acids is 1. The number of fused-ring (bicyclic) bond motifs is 1. The van der Waals surface area contributed by atoms with Gasteiger partial charge in [0.1, 0.15) is 16.5 Å². The number of benzene rings is 2. The molecule has 0 fully saturated rings. The highest BCUT2D eigenvalue weighted by molar-refractivity contribution is 7.22. The summed E-state index contributed by atoms with van der Waals surface area (Å²) in [6.07, 6.45) is 0. The number of thiophene rings is 1. The third-order valence-corrected chi connectivity index (χ3v) is 8.56. The van der Waals surface area contributed by atoms with Crippen molar-refractivity contribution in [2.24, 2.45) is 5.41 Å². The fourth-order valence-corrected chi connectivity index (χ4v) is 6.15. The molecular weight excluding hydrogens is 608 g/mol. The fraction of sp³-hybridized carbons (Fsp3) is 0.387. The number of aliphatic hydroxyl groups is 1. The normalized spacial score (nSPS) is 11.8. The Balaban J connectivity index is 2.00. The lowest BCUT2D eigenvalue weighted by molar-refractivity contribution is 0.114. The summed E-state index contributed by atoms with van der Waals surface area (Å²) in [7, 11) is 4.77. The average Bonchev–Trinajstić information content (AvgIpc) is 3.37. The van der Waals surface area contributed by atoms with E-state index >= 15 is 0 Å². The van der Waals surface area contributed by atoms with E-state index in [-0.39, 0.29) is 28.9 Å². The number of hydrogen-bond donors (Lipinski definition) is 3. The number of ether oxygens (including phenoxy) is 1. The van der Waals surface area contributed by atoms with Crippen LogP contribution in [0.5, 0.6) is 0 Å². The number of aliphatic hydroxyl groups excluding tert-OH is 1. The number of amides is 2. The van der Waals surface area contributed by atoms with Gasteiger partial charge in [0.15, 0.2) is 0 Å². The largest absolute Gasteiger partial charge is 0.396 e. The Bertz CT molecular complexity index is 1760. The van der Waals surface area contributed by atoms with E-state index < -0.39 is 40.9 Å². The Hall–Kier alpha value is -3.95. The van der Waals surface area contributed by atoms with Crippen LogP contribution in [0.1, 0.15) is 25.0 Å². The number of rotatable bonds is 13. The van der Waals surface area contributed by atoms with Gasteiger partial charge in [-0.25, -0.2) is 23.9 Å². The van der Waals surface area contributed by atoms with E-state index in [1.54, 1.807) is 45.2 Å². The lowest BCUT2D eigenvalue weighted by atomic mass is 9.95. The van der Waals surface area contributed by atoms with Crippen molar-refractivity contribution >= 4 is 33.3 Å². The van der Waals surface area contributed by atoms with E-state index in [1.807, 2.05) is 11.9 Å². The first kappa shape index (κ1) is 33.9. The van der Waals surface area contributed by atoms with E-state index in [1.165, 1.54) is 29.1 Å². The Morgan fingerprint density at radius 1 is 1.04 bits per heavy atom. The van der Waals surface area contributed by atoms with Crippen LogP contribution >= 0.6 is 11.3 Å². The molecule has 4 rings (SSSR count). The number of hydrogen-bond acceptors (Lipinski definition) is 8. The monoisotopic (exact) mass is 645 g/mol. The molecule has 0 radical (unpaired) electrons. The molecule has 0 bridgehead atoms. The number of hydroxylamine groups is 1. The lowest BCUT2D eigenvalue weighted by Crippen LogP contribution is -2.44. The van der Waals surface area contributed by atoms with Crippen LogP contribution in [0.25, 0.3) is 20.7 Å². The highest BCUT2D eigenvalue weighted by Crippen LogP contribution is 2.38. The van der Waals surface area contributed by atoms with Crippen LogP contribution in [0.4, 0.5) is 19.3 Å². The van der Waals surface area contributed by atoms with Crippen LogP contribution in [-0.4, -0.2) is 66.2 Å². The van der Waals surface area contributed by atoms with E-state index in [0.717, 1.165) is 16.7 Å². The summed E-state index contributed by atoms with van der Waals surface area (Å²) in [5.41, 5.74) is 1.51. The molecule has 2 aromatic heterocycles. The molecule has 4 aromatic rings. The van der Waals surface area contributed by atoms with Crippen LogP contribution in [0.3, 0.4) is 0 Å². The highest BCUT2D eigenvalue weighted by atomic mass is 32.1. The summed E-state index contributed by atoms with van der Waals surface area (Å²) in [6.45, 7) is 3.81. The summed E-state index contributed by atoms with van der Waals surface area (Å²) < 4.78 is 37.2. The van der Waals surface area contributed by atoms with Crippen LogP contribution in [0.2, 0.25) is 0 Å². The molecule has 0 unspecified atom stereocenters. The molecule has 45 heavy (non-hydrogen) atoms. The number of likely N-dealkylation sites (N-methyl/N-ethyl adjacent to an activating group) is 1. The molecule has 242 valence electrons. The Morgan fingerprint density at radius 2 is 1.71 bits per heavy atom. The van der Waals surface area contributed by atoms with Gasteiger partial charge in [0.25, 0.3) is 5.56 Å². The van der Waals surface area contributed by atoms with Gasteiger partial charge in [0, 0.05) is 54.9 Å². The van der Waals surface area contributed by atoms with E-state index in [0.29, 0.717) is 41.4 Å². The number of nitrogens with zero attached hydrogens (tertiary/aromatic N) is 3. The average molecular weight is 646 g/mol. The lowest BCUT2D eigenvalue weighted by Gasteiger charge is -2.23. The van der Waals surface area contributed by atoms with Gasteiger partial charge >= 0.3 is 11.7 Å². The molecule has 0 aliphatic heterocycles. The number of carbonyl (C=O) groups is 1. The molecule has 14 heteroatoms. The van der Waals surface area contributed by atoms with Crippen molar-refractivity contribution in [2.45, 2.75) is 33.5 Å². The second kappa shape index (κ2) is 14.4. The maximum absolute atomic E-state index is 14.9. The zero-order valence-corrected chi connectivity index (χ0v) is 26.6. The molecule has 0 spiro atoms. The number of halogens is 2. The molecule has 0 aliphatic carbocycles. The van der Waals surface area contributed by atoms with Gasteiger partial charge in [-0.15, -0.1) is 11.3 Å². The predicted molar refractivity (Wildman–Crippen MR) is 169 cm³/mol. The second-order valence-corrected chi connectivity index (χ2v) is 12.4. The van der Waals surface area contributed by atoms with E-state index in [4.69, 9.17) is 4.74 Å². The maximum atomic E-state index is 14.9. The van der Waals surface area contributed by atoms with Gasteiger partial charge in [-0.3, -0.25) is 23.7 Å². The third kappa shape index (κ3) is 7.65. The van der Waals surface area contributed by atoms with Gasteiger partial charge in [0.05, 0.1) is 25.6 Å². The first-order valence-corrected chi connectivity index (χ1v) is 14.9. The predicted octanol–water partition coefficient (Wildman–Crippen LogP) is 4.00. The number of aromatic nitrogens is 2. The molecule has 0 atom stereocenters. The summed E-state index contributed by atoms with van der Waals surface area (Å²) in [5.74, 6) is -1.64. The van der Waals surface area contributed by atoms with E-state index in [9.17, 15) is 28.3 Å². The Kier molecular flexibility index (Phi) is 10.9. The Labute approximate surface area is 262 Å². The molecule has 2 amide bonds. The van der Waals surface area contributed by atoms with Crippen LogP contribution in [0, 0.1) is 17.0 Å². The van der Waals surface area contributed by atoms with E-state index in [2.05, 4.69) is 15.6 Å². The fourth-order valence-electron chi connectivity index (χ4n) is 4.85. The number of urea groups is 1. The third-order valence-electron chi connectivity index (χ3n) is 7.25. The molecule has 2 aromatic carbocycles. The van der Waals surface area contributed by atoms with Crippen molar-refractivity contribution in [3.63, 3.8) is 0 Å². The smallest absolute Gasteiger partial charge is 0.343 e. The van der Waals surface area contributed by atoms with Crippen molar-refractivity contribution in [3.05, 3.63) is 86.1 Å². The standard InChI is InChI=1S/C31H37F2N5O6S/c1-31(2,18-39)17-38-27(40)25-22(15-36(3)13-14-43-4)26(19-9-11-20(12-10-19)34-29(41)35-44-5)45-28(25)37(30(38)42)16-21-23(32)7-6-8-24(21)33/h6-12,39H,13-18H2,1-5H3,(H2,34,35,41). The second-order valence-electron chi connectivity index (χ2n) is 11.4. The maximum Gasteiger partial charge on any atom is 0.343 e. The number of anilines is 1. The van der Waals surface area contributed by atoms with Crippen LogP contribution in [0.15, 0.2) is 52.1 Å². The van der Waals surface area contributed by atoms with Crippen molar-refractivity contribution in [2.75, 3.05) is 46.3 Å². The summed E-state index contributed by atoms with van der Waals surface area (Å²) in [5, 5.41) is 12.8. The SMILES string of the molecule is COCCN(C)Cc1c(-c2ccc(NC(=O)NOC)cc2)sc2c1c(=O)n(CC(C)(C)CO)c(=O)n2Cc1c(F)cccc1F. The van der Waals surface area contributed by atoms with Crippen molar-refractivity contribution < 1.29 is 28.3 Å². The molecule has 3 N–H and O–H groups in total. The minimum absolute atomic E-state index is 0.120. The molecule has 0 aliphatic rings. The molecule has 0 saturated carbocycles. The Morgan fingerprint density at radius 3 is 2.31 bits per heavy atom. The molecule has 11 nitrogen and oxygen atoms in total. The highest BCUT2D eigenvalue weighted by Gasteiger charge is 2.27. The van der Waals surface area contributed by atoms with Crippen molar-refractivity contribution in [1.82, 2.24) is 19.5 Å². The van der Waals surface area contributed by atoms with Crippen LogP contribution in [-0.2, 0) is 29.2 Å². The van der Waals surface area contributed by atoms with Crippen molar-refractivity contribution in [1.29, 1.82) is 0 Å². The van der Waals surface area contributed by atoms with Gasteiger partial charge in [-0.2, -0.15) is 0 Å². The quantitative estimate of drug-likeness (QED) is 0.188. The topological polar surface area (TPSA) is 127 Å². The first-order valence-electron chi connectivity index (χ1n) is 14.1. The minimum atomic E-state index is -0.843. The summed E-state index contributed by atoms with van der Waals surface area (Å²) in [4.78, 5) is 47.6. The molecule has 2 heterocycles. The van der Waals surface area contributed by atoms with Crippen molar-refractivity contribution in [3.8, 4) is 10.4 Å². The number of methoxy groups -OCH3 is 1. The van der Waals surface area contributed by atoms with Gasteiger partial charge in [0.2, 0.25) is 0 Å². The van der Waals surface area contributed by atoms with Gasteiger partial charge in [-0.05, 0) is 42.4 Å². The first-order chi connectivity index (χ1) is 21.4. The van der Waals surface area contributed by atoms with Crippen LogP contribution < -0.4 is 22.0 Å². The summed E-state index contributed by atoms with van der Waals surface area (Å²) in [6, 6.07) is 9.79. The number of nitrogens with one attached hydrogen (secondary N) is 2. The summed E-state index contributed by atoms with van der Waals surface area (Å²) >= 11 is 1.17. The van der Waals surface area contributed by atoms with Gasteiger partial charge < -0.3 is 15.2 Å².